The van der Waals surface area contributed by atoms with Crippen molar-refractivity contribution >= 4 is 5.95 Å². The van der Waals surface area contributed by atoms with Crippen molar-refractivity contribution in [1.29, 1.82) is 0 Å². The lowest BCUT2D eigenvalue weighted by Gasteiger charge is -2.28. The Morgan fingerprint density at radius 2 is 2.17 bits per heavy atom. The second-order valence-corrected chi connectivity index (χ2v) is 4.96. The van der Waals surface area contributed by atoms with Crippen LogP contribution in [0.4, 0.5) is 5.95 Å². The van der Waals surface area contributed by atoms with Gasteiger partial charge in [-0.2, -0.15) is 4.98 Å². The number of aromatic nitrogens is 2. The lowest BCUT2D eigenvalue weighted by atomic mass is 9.85. The molecular weight excluding hydrogens is 228 g/mol. The van der Waals surface area contributed by atoms with Gasteiger partial charge in [0.2, 0.25) is 11.8 Å². The zero-order valence-corrected chi connectivity index (χ0v) is 11.1. The average Bonchev–Trinajstić information content (AvgIpc) is 2.37. The Bertz CT molecular complexity index is 397. The normalized spacial score (nSPS) is 23.7. The molecule has 5 heteroatoms. The highest BCUT2D eigenvalue weighted by molar-refractivity contribution is 5.30. The van der Waals surface area contributed by atoms with Gasteiger partial charge in [0.05, 0.1) is 7.11 Å². The Labute approximate surface area is 108 Å². The van der Waals surface area contributed by atoms with Crippen LogP contribution in [0.1, 0.15) is 31.4 Å². The molecule has 5 nitrogen and oxygen atoms in total. The minimum Gasteiger partial charge on any atom is -0.481 e. The third-order valence-electron chi connectivity index (χ3n) is 3.53. The van der Waals surface area contributed by atoms with Gasteiger partial charge in [0.25, 0.3) is 0 Å². The Kier molecular flexibility index (Phi) is 4.36. The topological polar surface area (TPSA) is 73.1 Å². The van der Waals surface area contributed by atoms with Crippen molar-refractivity contribution in [2.24, 2.45) is 11.7 Å². The van der Waals surface area contributed by atoms with Crippen LogP contribution in [0.15, 0.2) is 6.07 Å². The summed E-state index contributed by atoms with van der Waals surface area (Å²) in [6.07, 6.45) is 4.85. The molecule has 0 bridgehead atoms. The fourth-order valence-electron chi connectivity index (χ4n) is 2.44. The quantitative estimate of drug-likeness (QED) is 0.851. The van der Waals surface area contributed by atoms with Gasteiger partial charge in [-0.05, 0) is 25.7 Å². The van der Waals surface area contributed by atoms with E-state index < -0.39 is 0 Å². The Morgan fingerprint density at radius 1 is 1.39 bits per heavy atom. The zero-order valence-electron chi connectivity index (χ0n) is 11.1. The van der Waals surface area contributed by atoms with E-state index >= 15 is 0 Å². The van der Waals surface area contributed by atoms with Gasteiger partial charge in [0, 0.05) is 24.3 Å². The molecule has 2 unspecified atom stereocenters. The summed E-state index contributed by atoms with van der Waals surface area (Å²) in [4.78, 5) is 8.62. The molecule has 2 rings (SSSR count). The molecule has 1 heterocycles. The summed E-state index contributed by atoms with van der Waals surface area (Å²) in [5, 5.41) is 3.28. The van der Waals surface area contributed by atoms with E-state index in [4.69, 9.17) is 10.5 Å². The van der Waals surface area contributed by atoms with Crippen molar-refractivity contribution in [2.45, 2.75) is 38.6 Å². The van der Waals surface area contributed by atoms with Crippen molar-refractivity contribution in [3.63, 3.8) is 0 Å². The van der Waals surface area contributed by atoms with E-state index in [1.54, 1.807) is 7.11 Å². The van der Waals surface area contributed by atoms with E-state index in [9.17, 15) is 0 Å². The van der Waals surface area contributed by atoms with Crippen LogP contribution < -0.4 is 15.8 Å². The molecule has 0 radical (unpaired) electrons. The molecule has 1 aliphatic rings. The number of nitrogens with one attached hydrogen (secondary N) is 1. The van der Waals surface area contributed by atoms with Crippen LogP contribution in [-0.2, 0) is 0 Å². The number of methoxy groups -OCH3 is 1. The summed E-state index contributed by atoms with van der Waals surface area (Å²) < 4.78 is 5.13. The average molecular weight is 250 g/mol. The molecule has 18 heavy (non-hydrogen) atoms. The minimum absolute atomic E-state index is 0.304. The summed E-state index contributed by atoms with van der Waals surface area (Å²) in [6, 6.07) is 2.12. The van der Waals surface area contributed by atoms with Crippen LogP contribution in [0.2, 0.25) is 0 Å². The largest absolute Gasteiger partial charge is 0.481 e. The molecule has 1 aromatic heterocycles. The van der Waals surface area contributed by atoms with Gasteiger partial charge >= 0.3 is 0 Å². The summed E-state index contributed by atoms with van der Waals surface area (Å²) in [6.45, 7) is 2.77. The van der Waals surface area contributed by atoms with Crippen LogP contribution in [0, 0.1) is 12.8 Å². The number of ether oxygens (including phenoxy) is 1. The first-order valence-electron chi connectivity index (χ1n) is 6.58. The van der Waals surface area contributed by atoms with Crippen molar-refractivity contribution in [2.75, 3.05) is 19.0 Å². The first-order chi connectivity index (χ1) is 8.69. The second-order valence-electron chi connectivity index (χ2n) is 4.96. The predicted molar refractivity (Wildman–Crippen MR) is 71.7 cm³/mol. The van der Waals surface area contributed by atoms with E-state index in [2.05, 4.69) is 15.3 Å². The maximum absolute atomic E-state index is 6.12. The van der Waals surface area contributed by atoms with E-state index in [1.807, 2.05) is 13.0 Å². The van der Waals surface area contributed by atoms with Gasteiger partial charge in [0.1, 0.15) is 0 Å². The highest BCUT2D eigenvalue weighted by Crippen LogP contribution is 2.23. The highest BCUT2D eigenvalue weighted by atomic mass is 16.5. The monoisotopic (exact) mass is 250 g/mol. The lowest BCUT2D eigenvalue weighted by Crippen LogP contribution is -2.37. The van der Waals surface area contributed by atoms with Gasteiger partial charge < -0.3 is 15.8 Å². The Morgan fingerprint density at radius 3 is 2.89 bits per heavy atom. The molecule has 0 saturated heterocycles. The summed E-state index contributed by atoms with van der Waals surface area (Å²) in [5.41, 5.74) is 7.02. The van der Waals surface area contributed by atoms with E-state index in [0.717, 1.165) is 18.7 Å². The molecule has 1 saturated carbocycles. The number of aryl methyl sites for hydroxylation is 1. The second kappa shape index (κ2) is 6.00. The van der Waals surface area contributed by atoms with Crippen molar-refractivity contribution in [1.82, 2.24) is 9.97 Å². The van der Waals surface area contributed by atoms with Crippen LogP contribution >= 0.6 is 0 Å². The summed E-state index contributed by atoms with van der Waals surface area (Å²) >= 11 is 0. The first kappa shape index (κ1) is 13.1. The van der Waals surface area contributed by atoms with Crippen LogP contribution in [0.25, 0.3) is 0 Å². The van der Waals surface area contributed by atoms with Crippen LogP contribution in [-0.4, -0.2) is 29.7 Å². The van der Waals surface area contributed by atoms with Gasteiger partial charge in [-0.25, -0.2) is 4.98 Å². The number of hydrogen-bond acceptors (Lipinski definition) is 5. The number of nitrogens with two attached hydrogens (primary N) is 1. The number of hydrogen-bond donors (Lipinski definition) is 2. The molecule has 0 aromatic carbocycles. The number of anilines is 1. The molecule has 0 amide bonds. The van der Waals surface area contributed by atoms with Gasteiger partial charge in [-0.3, -0.25) is 0 Å². The Hall–Kier alpha value is -1.36. The fourth-order valence-corrected chi connectivity index (χ4v) is 2.44. The van der Waals surface area contributed by atoms with Crippen molar-refractivity contribution in [3.8, 4) is 5.88 Å². The maximum atomic E-state index is 6.12. The van der Waals surface area contributed by atoms with E-state index in [0.29, 0.717) is 23.8 Å². The number of nitrogens with zero attached hydrogens (tertiary/aromatic N) is 2. The summed E-state index contributed by atoms with van der Waals surface area (Å²) in [7, 11) is 1.61. The molecule has 3 N–H and O–H groups in total. The smallest absolute Gasteiger partial charge is 0.226 e. The minimum atomic E-state index is 0.304. The van der Waals surface area contributed by atoms with Crippen LogP contribution in [0.5, 0.6) is 5.88 Å². The molecule has 0 spiro atoms. The molecule has 100 valence electrons. The molecule has 1 aliphatic carbocycles. The van der Waals surface area contributed by atoms with Crippen molar-refractivity contribution in [3.05, 3.63) is 11.8 Å². The number of rotatable bonds is 4. The van der Waals surface area contributed by atoms with E-state index in [1.165, 1.54) is 19.3 Å². The third kappa shape index (κ3) is 3.32. The lowest BCUT2D eigenvalue weighted by molar-refractivity contribution is 0.320. The van der Waals surface area contributed by atoms with Crippen LogP contribution in [0.3, 0.4) is 0 Å². The van der Waals surface area contributed by atoms with Crippen molar-refractivity contribution < 1.29 is 4.74 Å². The van der Waals surface area contributed by atoms with Gasteiger partial charge in [-0.15, -0.1) is 0 Å². The Balaban J connectivity index is 1.94. The zero-order chi connectivity index (χ0) is 13.0. The van der Waals surface area contributed by atoms with Gasteiger partial charge in [0.15, 0.2) is 0 Å². The molecule has 2 atom stereocenters. The third-order valence-corrected chi connectivity index (χ3v) is 3.53. The predicted octanol–water partition coefficient (Wildman–Crippen LogP) is 1.72. The maximum Gasteiger partial charge on any atom is 0.226 e. The molecule has 0 aliphatic heterocycles. The summed E-state index contributed by atoms with van der Waals surface area (Å²) in [5.74, 6) is 1.75. The molecule has 1 aromatic rings. The molecular formula is C13H22N4O. The highest BCUT2D eigenvalue weighted by Gasteiger charge is 2.21. The first-order valence-corrected chi connectivity index (χ1v) is 6.58. The molecule has 1 fully saturated rings. The SMILES string of the molecule is COc1cc(C)nc(NCC2CCCCC2N)n1. The van der Waals surface area contributed by atoms with E-state index in [-0.39, 0.29) is 0 Å². The fraction of sp³-hybridized carbons (Fsp3) is 0.692. The standard InChI is InChI=1S/C13H22N4O/c1-9-7-12(18-2)17-13(16-9)15-8-10-5-3-4-6-11(10)14/h7,10-11H,3-6,8,14H2,1-2H3,(H,15,16,17). The van der Waals surface area contributed by atoms with Gasteiger partial charge in [-0.1, -0.05) is 12.8 Å².